The molecule has 5 aliphatic rings. The maximum absolute atomic E-state index is 15.0. The number of Topliss-reactive ketones (excluding diaryl/α,β-unsaturated/α-hetero) is 1. The SMILES string of the molecule is C[C@]12CCC(=O)C[C@@H]1CC[C@@H]1[C@@H]2CC[C@]2(C)C(OCCCCN3CCN(C(=O)c4cc(Cc5n[nH]c(=O)c6ccccc56)ccc4F)CC3)CC[C@@H]12. The first-order valence-electron chi connectivity index (χ1n) is 20.0. The number of ether oxygens (including phenoxy) is 1. The standard InChI is InChI=1S/C43H55FN4O4/c1-42-17-15-30(49)27-29(42)10-11-33-35-12-14-39(43(35,2)18-16-36(33)42)52-24-6-5-19-47-20-22-48(23-21-47)41(51)34-25-28(9-13-37(34)44)26-38-31-7-3-4-8-32(31)40(50)46-45-38/h3-4,7-9,13,25,29,33,35-36,39H,5-6,10-12,14-24,26-27H2,1-2H3,(H,46,50)/t29-,33-,35-,36-,39?,42-,43-/m0/s1. The van der Waals surface area contributed by atoms with Gasteiger partial charge in [-0.1, -0.05) is 38.1 Å². The molecule has 0 bridgehead atoms. The van der Waals surface area contributed by atoms with Gasteiger partial charge in [0, 0.05) is 57.4 Å². The Morgan fingerprint density at radius 1 is 0.923 bits per heavy atom. The van der Waals surface area contributed by atoms with Crippen molar-refractivity contribution in [3.05, 3.63) is 75.5 Å². The van der Waals surface area contributed by atoms with E-state index in [0.717, 1.165) is 87.0 Å². The Bertz CT molecular complexity index is 1870. The molecular weight excluding hydrogens is 655 g/mol. The van der Waals surface area contributed by atoms with Crippen molar-refractivity contribution in [1.82, 2.24) is 20.0 Å². The minimum absolute atomic E-state index is 0.0838. The number of unbranched alkanes of at least 4 members (excludes halogenated alkanes) is 1. The summed E-state index contributed by atoms with van der Waals surface area (Å²) >= 11 is 0. The second kappa shape index (κ2) is 14.4. The fraction of sp³-hybridized carbons (Fsp3) is 0.628. The number of carbonyl (C=O) groups is 2. The molecule has 8 rings (SSSR count). The Balaban J connectivity index is 0.786. The van der Waals surface area contributed by atoms with Crippen LogP contribution in [0.2, 0.25) is 0 Å². The van der Waals surface area contributed by atoms with Gasteiger partial charge in [0.25, 0.3) is 11.5 Å². The zero-order chi connectivity index (χ0) is 36.0. The third-order valence-corrected chi connectivity index (χ3v) is 14.6. The largest absolute Gasteiger partial charge is 0.378 e. The Hall–Kier alpha value is -3.43. The molecule has 7 atom stereocenters. The Kier molecular flexibility index (Phi) is 9.87. The van der Waals surface area contributed by atoms with E-state index in [2.05, 4.69) is 28.9 Å². The van der Waals surface area contributed by atoms with Crippen molar-refractivity contribution in [2.45, 2.75) is 97.0 Å². The molecule has 1 saturated heterocycles. The summed E-state index contributed by atoms with van der Waals surface area (Å²) in [5.41, 5.74) is 1.93. The normalized spacial score (nSPS) is 32.0. The molecule has 278 valence electrons. The first-order chi connectivity index (χ1) is 25.1. The van der Waals surface area contributed by atoms with Crippen LogP contribution in [0.4, 0.5) is 4.39 Å². The second-order valence-corrected chi connectivity index (χ2v) is 17.3. The van der Waals surface area contributed by atoms with Crippen molar-refractivity contribution in [2.75, 3.05) is 39.3 Å². The maximum Gasteiger partial charge on any atom is 0.272 e. The van der Waals surface area contributed by atoms with E-state index in [9.17, 15) is 18.8 Å². The highest BCUT2D eigenvalue weighted by atomic mass is 19.1. The van der Waals surface area contributed by atoms with Gasteiger partial charge in [0.2, 0.25) is 0 Å². The van der Waals surface area contributed by atoms with Gasteiger partial charge >= 0.3 is 0 Å². The molecule has 2 heterocycles. The summed E-state index contributed by atoms with van der Waals surface area (Å²) in [6.07, 6.45) is 13.2. The molecule has 52 heavy (non-hydrogen) atoms. The van der Waals surface area contributed by atoms with Crippen LogP contribution in [0.15, 0.2) is 47.3 Å². The van der Waals surface area contributed by atoms with Crippen LogP contribution in [-0.4, -0.2) is 77.1 Å². The van der Waals surface area contributed by atoms with E-state index in [1.54, 1.807) is 23.1 Å². The van der Waals surface area contributed by atoms with Gasteiger partial charge in [0.15, 0.2) is 0 Å². The van der Waals surface area contributed by atoms with Crippen LogP contribution in [0.3, 0.4) is 0 Å². The number of hydrogen-bond acceptors (Lipinski definition) is 6. The first-order valence-corrected chi connectivity index (χ1v) is 20.0. The van der Waals surface area contributed by atoms with Crippen LogP contribution in [0.25, 0.3) is 10.8 Å². The van der Waals surface area contributed by atoms with Gasteiger partial charge < -0.3 is 9.64 Å². The van der Waals surface area contributed by atoms with Crippen LogP contribution in [0, 0.1) is 40.3 Å². The summed E-state index contributed by atoms with van der Waals surface area (Å²) in [6.45, 7) is 9.55. The molecule has 1 amide bonds. The van der Waals surface area contributed by atoms with E-state index in [1.807, 2.05) is 18.2 Å². The van der Waals surface area contributed by atoms with Crippen molar-refractivity contribution in [2.24, 2.45) is 34.5 Å². The van der Waals surface area contributed by atoms with Crippen LogP contribution in [0.5, 0.6) is 0 Å². The molecule has 1 aliphatic heterocycles. The number of nitrogens with one attached hydrogen (secondary N) is 1. The summed E-state index contributed by atoms with van der Waals surface area (Å²) < 4.78 is 21.7. The molecule has 4 saturated carbocycles. The molecule has 1 unspecified atom stereocenters. The highest BCUT2D eigenvalue weighted by Gasteiger charge is 2.60. The summed E-state index contributed by atoms with van der Waals surface area (Å²) in [7, 11) is 0. The van der Waals surface area contributed by atoms with Crippen LogP contribution in [0.1, 0.15) is 106 Å². The van der Waals surface area contributed by atoms with E-state index in [-0.39, 0.29) is 22.4 Å². The van der Waals surface area contributed by atoms with Gasteiger partial charge in [-0.3, -0.25) is 19.3 Å². The number of aromatic nitrogens is 2. The molecule has 9 heteroatoms. The number of piperazine rings is 1. The smallest absolute Gasteiger partial charge is 0.272 e. The molecule has 8 nitrogen and oxygen atoms in total. The van der Waals surface area contributed by atoms with Crippen LogP contribution >= 0.6 is 0 Å². The Labute approximate surface area is 306 Å². The molecule has 3 aromatic rings. The fourth-order valence-corrected chi connectivity index (χ4v) is 11.6. The third-order valence-electron chi connectivity index (χ3n) is 14.6. The molecule has 0 spiro atoms. The number of aromatic amines is 1. The minimum atomic E-state index is -0.519. The van der Waals surface area contributed by atoms with Crippen molar-refractivity contribution in [3.8, 4) is 0 Å². The summed E-state index contributed by atoms with van der Waals surface area (Å²) in [6, 6.07) is 12.0. The first kappa shape index (κ1) is 35.6. The zero-order valence-corrected chi connectivity index (χ0v) is 31.0. The van der Waals surface area contributed by atoms with Gasteiger partial charge in [0.1, 0.15) is 11.6 Å². The number of ketones is 1. The molecule has 1 N–H and O–H groups in total. The van der Waals surface area contributed by atoms with Gasteiger partial charge in [-0.2, -0.15) is 5.10 Å². The van der Waals surface area contributed by atoms with Crippen LogP contribution in [-0.2, 0) is 16.0 Å². The second-order valence-electron chi connectivity index (χ2n) is 17.3. The van der Waals surface area contributed by atoms with E-state index in [0.29, 0.717) is 53.8 Å². The highest BCUT2D eigenvalue weighted by molar-refractivity contribution is 5.95. The summed E-state index contributed by atoms with van der Waals surface area (Å²) in [5, 5.41) is 8.12. The van der Waals surface area contributed by atoms with Crippen LogP contribution < -0.4 is 5.56 Å². The number of halogens is 1. The van der Waals surface area contributed by atoms with Crippen molar-refractivity contribution >= 4 is 22.5 Å². The molecule has 2 aromatic carbocycles. The lowest BCUT2D eigenvalue weighted by atomic mass is 9.45. The average Bonchev–Trinajstić information content (AvgIpc) is 3.49. The average molecular weight is 711 g/mol. The maximum atomic E-state index is 15.0. The number of amides is 1. The number of fused-ring (bicyclic) bond motifs is 6. The molecular formula is C43H55FN4O4. The highest BCUT2D eigenvalue weighted by Crippen LogP contribution is 2.66. The fourth-order valence-electron chi connectivity index (χ4n) is 11.6. The van der Waals surface area contributed by atoms with Crippen molar-refractivity contribution in [3.63, 3.8) is 0 Å². The van der Waals surface area contributed by atoms with E-state index >= 15 is 0 Å². The number of H-pyrrole nitrogens is 1. The summed E-state index contributed by atoms with van der Waals surface area (Å²) in [4.78, 5) is 42.1. The topological polar surface area (TPSA) is 95.6 Å². The zero-order valence-electron chi connectivity index (χ0n) is 31.0. The number of rotatable bonds is 9. The Morgan fingerprint density at radius 3 is 2.54 bits per heavy atom. The van der Waals surface area contributed by atoms with Gasteiger partial charge in [0.05, 0.1) is 22.7 Å². The Morgan fingerprint density at radius 2 is 1.71 bits per heavy atom. The molecule has 5 fully saturated rings. The van der Waals surface area contributed by atoms with Crippen molar-refractivity contribution < 1.29 is 18.7 Å². The lowest BCUT2D eigenvalue weighted by Gasteiger charge is -2.60. The minimum Gasteiger partial charge on any atom is -0.378 e. The predicted molar refractivity (Wildman–Crippen MR) is 200 cm³/mol. The number of benzene rings is 2. The molecule has 1 aromatic heterocycles. The lowest BCUT2D eigenvalue weighted by Crippen LogP contribution is -2.54. The van der Waals surface area contributed by atoms with E-state index in [4.69, 9.17) is 4.74 Å². The molecule has 4 aliphatic carbocycles. The van der Waals surface area contributed by atoms with E-state index < -0.39 is 5.82 Å². The number of nitrogens with zero attached hydrogens (tertiary/aromatic N) is 3. The molecule has 0 radical (unpaired) electrons. The lowest BCUT2D eigenvalue weighted by molar-refractivity contribution is -0.145. The van der Waals surface area contributed by atoms with Gasteiger partial charge in [-0.25, -0.2) is 9.49 Å². The number of hydrogen-bond donors (Lipinski definition) is 1. The van der Waals surface area contributed by atoms with Gasteiger partial charge in [-0.05, 0) is 123 Å². The monoisotopic (exact) mass is 710 g/mol. The van der Waals surface area contributed by atoms with E-state index in [1.165, 1.54) is 44.6 Å². The van der Waals surface area contributed by atoms with Crippen molar-refractivity contribution in [1.29, 1.82) is 0 Å². The quantitative estimate of drug-likeness (QED) is 0.237. The van der Waals surface area contributed by atoms with Gasteiger partial charge in [-0.15, -0.1) is 0 Å². The number of carbonyl (C=O) groups excluding carboxylic acids is 2. The third kappa shape index (κ3) is 6.54. The summed E-state index contributed by atoms with van der Waals surface area (Å²) in [5.74, 6) is 2.65. The predicted octanol–water partition coefficient (Wildman–Crippen LogP) is 7.19.